The highest BCUT2D eigenvalue weighted by Gasteiger charge is 2.44. The molecule has 0 bridgehead atoms. The highest BCUT2D eigenvalue weighted by Crippen LogP contribution is 2.40. The third-order valence-electron chi connectivity index (χ3n) is 8.70. The molecule has 3 heterocycles. The van der Waals surface area contributed by atoms with E-state index in [1.54, 1.807) is 0 Å². The van der Waals surface area contributed by atoms with Gasteiger partial charge in [-0.15, -0.1) is 0 Å². The molecule has 1 aromatic heterocycles. The predicted octanol–water partition coefficient (Wildman–Crippen LogP) is 6.96. The maximum absolute atomic E-state index is 6.56. The first-order chi connectivity index (χ1) is 18.5. The van der Waals surface area contributed by atoms with Gasteiger partial charge in [-0.05, 0) is 86.8 Å². The smallest absolute Gasteiger partial charge is 0.285 e. The monoisotopic (exact) mass is 495 g/mol. The van der Waals surface area contributed by atoms with Crippen molar-refractivity contribution in [2.45, 2.75) is 51.9 Å². The third-order valence-corrected chi connectivity index (χ3v) is 8.70. The van der Waals surface area contributed by atoms with Crippen LogP contribution in [0.25, 0.3) is 21.9 Å². The van der Waals surface area contributed by atoms with Crippen LogP contribution in [0.4, 0.5) is 11.4 Å². The molecule has 0 fully saturated rings. The van der Waals surface area contributed by atoms with E-state index in [4.69, 9.17) is 9.15 Å². The third kappa shape index (κ3) is 3.16. The number of aryl methyl sites for hydroxylation is 1. The molecule has 0 saturated heterocycles. The number of hydrogen-bond donors (Lipinski definition) is 1. The number of hydrogen-bond acceptors (Lipinski definition) is 3. The van der Waals surface area contributed by atoms with Crippen LogP contribution in [0.5, 0.6) is 11.7 Å². The molecule has 3 aliphatic rings. The molecular weight excluding hydrogens is 465 g/mol. The van der Waals surface area contributed by atoms with Gasteiger partial charge in [0.05, 0.1) is 0 Å². The molecule has 3 nitrogen and oxygen atoms in total. The van der Waals surface area contributed by atoms with Crippen molar-refractivity contribution < 1.29 is 9.15 Å². The number of anilines is 2. The molecule has 1 aliphatic carbocycles. The highest BCUT2D eigenvalue weighted by atomic mass is 16.6. The Kier molecular flexibility index (Phi) is 4.54. The summed E-state index contributed by atoms with van der Waals surface area (Å²) in [7, 11) is 0. The van der Waals surface area contributed by atoms with Gasteiger partial charge < -0.3 is 14.5 Å². The summed E-state index contributed by atoms with van der Waals surface area (Å²) in [5, 5.41) is 6.38. The van der Waals surface area contributed by atoms with Gasteiger partial charge in [0.15, 0.2) is 0 Å². The fourth-order valence-electron chi connectivity index (χ4n) is 6.74. The Balaban J connectivity index is 1.36. The summed E-state index contributed by atoms with van der Waals surface area (Å²) in [6, 6.07) is 26.7. The van der Waals surface area contributed by atoms with E-state index in [-0.39, 0.29) is 12.1 Å². The topological polar surface area (TPSA) is 34.4 Å². The molecule has 0 saturated carbocycles. The van der Waals surface area contributed by atoms with E-state index in [9.17, 15) is 0 Å². The number of ether oxygens (including phenoxy) is 1. The lowest BCUT2D eigenvalue weighted by Gasteiger charge is -2.34. The van der Waals surface area contributed by atoms with E-state index in [0.29, 0.717) is 5.95 Å². The number of benzene rings is 4. The molecular formula is C34H30BNO2. The van der Waals surface area contributed by atoms with Gasteiger partial charge in [0, 0.05) is 23.3 Å². The lowest BCUT2D eigenvalue weighted by atomic mass is 9.34. The van der Waals surface area contributed by atoms with Gasteiger partial charge in [0.1, 0.15) is 11.5 Å². The minimum Gasteiger partial charge on any atom is -0.431 e. The minimum absolute atomic E-state index is 0.000173. The summed E-state index contributed by atoms with van der Waals surface area (Å²) in [4.78, 5) is 0. The lowest BCUT2D eigenvalue weighted by molar-refractivity contribution is 0.330. The predicted molar refractivity (Wildman–Crippen MR) is 158 cm³/mol. The average molecular weight is 495 g/mol. The number of fused-ring (bicyclic) bond motifs is 7. The molecule has 8 rings (SSSR count). The summed E-state index contributed by atoms with van der Waals surface area (Å²) >= 11 is 0. The van der Waals surface area contributed by atoms with E-state index < -0.39 is 0 Å². The van der Waals surface area contributed by atoms with Crippen molar-refractivity contribution >= 4 is 45.2 Å². The molecule has 186 valence electrons. The van der Waals surface area contributed by atoms with E-state index in [2.05, 4.69) is 98.9 Å². The Morgan fingerprint density at radius 2 is 1.66 bits per heavy atom. The Morgan fingerprint density at radius 3 is 2.55 bits per heavy atom. The maximum atomic E-state index is 6.56. The van der Waals surface area contributed by atoms with Crippen LogP contribution in [0.3, 0.4) is 0 Å². The normalized spacial score (nSPS) is 15.2. The molecule has 38 heavy (non-hydrogen) atoms. The highest BCUT2D eigenvalue weighted by molar-refractivity contribution is 6.99. The van der Waals surface area contributed by atoms with E-state index in [0.717, 1.165) is 30.0 Å². The summed E-state index contributed by atoms with van der Waals surface area (Å²) in [6.07, 6.45) is 4.46. The van der Waals surface area contributed by atoms with Crippen LogP contribution in [0, 0.1) is 0 Å². The van der Waals surface area contributed by atoms with Gasteiger partial charge in [-0.1, -0.05) is 75.4 Å². The van der Waals surface area contributed by atoms with E-state index >= 15 is 0 Å². The fraction of sp³-hybridized carbons (Fsp3) is 0.235. The van der Waals surface area contributed by atoms with Crippen molar-refractivity contribution in [1.82, 2.24) is 0 Å². The summed E-state index contributed by atoms with van der Waals surface area (Å²) in [6.45, 7) is 6.89. The Morgan fingerprint density at radius 1 is 0.816 bits per heavy atom. The molecule has 0 atom stereocenters. The number of rotatable bonds is 1. The Bertz CT molecular complexity index is 1770. The second kappa shape index (κ2) is 7.80. The second-order valence-electron chi connectivity index (χ2n) is 12.1. The summed E-state index contributed by atoms with van der Waals surface area (Å²) < 4.78 is 13.0. The van der Waals surface area contributed by atoms with Crippen molar-refractivity contribution in [3.8, 4) is 22.8 Å². The molecule has 5 aromatic rings. The van der Waals surface area contributed by atoms with Crippen molar-refractivity contribution in [1.29, 1.82) is 0 Å². The zero-order chi connectivity index (χ0) is 25.6. The molecule has 2 aliphatic heterocycles. The van der Waals surface area contributed by atoms with Crippen LogP contribution in [0.15, 0.2) is 77.2 Å². The van der Waals surface area contributed by atoms with E-state index in [1.807, 2.05) is 0 Å². The first-order valence-corrected chi connectivity index (χ1v) is 13.9. The number of nitrogens with one attached hydrogen (secondary N) is 1. The molecule has 0 amide bonds. The van der Waals surface area contributed by atoms with Crippen molar-refractivity contribution in [3.05, 3.63) is 89.7 Å². The quantitative estimate of drug-likeness (QED) is 0.250. The molecule has 4 aromatic carbocycles. The standard InChI is InChI=1S/C34H30BNO2/c1-34(2,3)22-18-28-32-30(19-22)38-33-31(25-12-6-7-14-29(25)37-33)35(32)26-16-15-21(17-27(26)36-28)24-13-8-10-20-9-4-5-11-23(20)24/h4-5,8-11,13,15-19,36H,6-7,12,14H2,1-3H3. The van der Waals surface area contributed by atoms with Gasteiger partial charge in [-0.2, -0.15) is 0 Å². The summed E-state index contributed by atoms with van der Waals surface area (Å²) in [5.74, 6) is 2.75. The van der Waals surface area contributed by atoms with Gasteiger partial charge in [0.2, 0.25) is 0 Å². The van der Waals surface area contributed by atoms with Crippen molar-refractivity contribution in [2.24, 2.45) is 0 Å². The first-order valence-electron chi connectivity index (χ1n) is 13.9. The molecule has 0 spiro atoms. The largest absolute Gasteiger partial charge is 0.431 e. The van der Waals surface area contributed by atoms with Gasteiger partial charge in [0.25, 0.3) is 12.7 Å². The van der Waals surface area contributed by atoms with Crippen LogP contribution in [0.2, 0.25) is 0 Å². The number of furan rings is 1. The SMILES string of the molecule is CC(C)(C)c1cc2c3c(c1)Oc1oc4c(c1B3c1ccc(-c3cccc5ccccc35)cc1N2)CCCC4. The zero-order valence-corrected chi connectivity index (χ0v) is 22.2. The van der Waals surface area contributed by atoms with Gasteiger partial charge in [-0.25, -0.2) is 0 Å². The van der Waals surface area contributed by atoms with Crippen molar-refractivity contribution in [3.63, 3.8) is 0 Å². The Hall–Kier alpha value is -3.92. The van der Waals surface area contributed by atoms with E-state index in [1.165, 1.54) is 67.9 Å². The Labute approximate surface area is 223 Å². The summed E-state index contributed by atoms with van der Waals surface area (Å²) in [5.41, 5.74) is 11.2. The van der Waals surface area contributed by atoms with Gasteiger partial charge in [-0.3, -0.25) is 0 Å². The molecule has 4 heteroatoms. The van der Waals surface area contributed by atoms with Crippen LogP contribution >= 0.6 is 0 Å². The average Bonchev–Trinajstić information content (AvgIpc) is 3.29. The second-order valence-corrected chi connectivity index (χ2v) is 12.1. The zero-order valence-electron chi connectivity index (χ0n) is 22.2. The van der Waals surface area contributed by atoms with Crippen LogP contribution in [-0.2, 0) is 18.3 Å². The van der Waals surface area contributed by atoms with Crippen molar-refractivity contribution in [2.75, 3.05) is 5.32 Å². The van der Waals surface area contributed by atoms with Crippen LogP contribution in [0.1, 0.15) is 50.5 Å². The molecule has 0 unspecified atom stereocenters. The maximum Gasteiger partial charge on any atom is 0.285 e. The van der Waals surface area contributed by atoms with Gasteiger partial charge >= 0.3 is 0 Å². The molecule has 1 N–H and O–H groups in total. The van der Waals surface area contributed by atoms with Crippen LogP contribution < -0.4 is 26.4 Å². The first kappa shape index (κ1) is 22.1. The van der Waals surface area contributed by atoms with Crippen LogP contribution in [-0.4, -0.2) is 6.71 Å². The fourth-order valence-corrected chi connectivity index (χ4v) is 6.74. The molecule has 0 radical (unpaired) electrons. The minimum atomic E-state index is -0.000173. The lowest BCUT2D eigenvalue weighted by Crippen LogP contribution is -2.58.